The topological polar surface area (TPSA) is 40.5 Å². The summed E-state index contributed by atoms with van der Waals surface area (Å²) in [4.78, 5) is 11.2. The van der Waals surface area contributed by atoms with E-state index in [0.29, 0.717) is 10.5 Å². The number of amides is 1. The van der Waals surface area contributed by atoms with Crippen LogP contribution in [0.1, 0.15) is 174 Å². The minimum absolute atomic E-state index is 0.251. The third-order valence-corrected chi connectivity index (χ3v) is 7.10. The Bertz CT molecular complexity index is 376. The maximum atomic E-state index is 11.2. The lowest BCUT2D eigenvalue weighted by atomic mass is 10.0. The minimum Gasteiger partial charge on any atom is -0.275 e. The van der Waals surface area contributed by atoms with Crippen LogP contribution in [0.2, 0.25) is 0 Å². The van der Waals surface area contributed by atoms with Crippen molar-refractivity contribution in [1.29, 1.82) is 0 Å². The Balaban J connectivity index is 3.04. The molecule has 192 valence electrons. The molecule has 0 aliphatic heterocycles. The van der Waals surface area contributed by atoms with E-state index in [1.807, 2.05) is 0 Å². The molecule has 1 N–H and O–H groups in total. The summed E-state index contributed by atoms with van der Waals surface area (Å²) in [6.07, 6.45) is 35.0. The van der Waals surface area contributed by atoms with E-state index in [4.69, 9.17) is 5.21 Å². The van der Waals surface area contributed by atoms with Crippen LogP contribution >= 0.6 is 16.1 Å². The van der Waals surface area contributed by atoms with Crippen LogP contribution in [0, 0.1) is 0 Å². The van der Waals surface area contributed by atoms with Crippen LogP contribution in [-0.4, -0.2) is 15.2 Å². The maximum Gasteiger partial charge on any atom is 0.256 e. The molecule has 32 heavy (non-hydrogen) atoms. The fraction of sp³-hybridized carbons (Fsp3) is 0.964. The predicted molar refractivity (Wildman–Crippen MR) is 143 cm³/mol. The average molecular weight is 519 g/mol. The van der Waals surface area contributed by atoms with Crippen LogP contribution in [0.25, 0.3) is 0 Å². The minimum atomic E-state index is -0.251. The molecule has 0 heterocycles. The van der Waals surface area contributed by atoms with Crippen LogP contribution < -0.4 is 0 Å². The van der Waals surface area contributed by atoms with Crippen LogP contribution in [0.5, 0.6) is 0 Å². The van der Waals surface area contributed by atoms with Gasteiger partial charge in [-0.3, -0.25) is 10.0 Å². The Morgan fingerprint density at radius 2 is 0.719 bits per heavy atom. The average Bonchev–Trinajstić information content (AvgIpc) is 2.78. The first kappa shape index (κ1) is 31.9. The number of hydrogen-bond donors (Lipinski definition) is 1. The van der Waals surface area contributed by atoms with Gasteiger partial charge >= 0.3 is 0 Å². The van der Waals surface area contributed by atoms with Crippen molar-refractivity contribution in [2.45, 2.75) is 174 Å². The van der Waals surface area contributed by atoms with E-state index in [-0.39, 0.29) is 5.91 Å². The number of nitrogens with zero attached hydrogens (tertiary/aromatic N) is 1. The SMILES string of the molecule is CCCCCCCCCCCCCCCCCCCCCCCCCCCC(=O)N(O)Br. The number of carbonyl (C=O) groups excluding carboxylic acids is 1. The number of halogens is 1. The van der Waals surface area contributed by atoms with Gasteiger partial charge in [-0.05, 0) is 6.42 Å². The van der Waals surface area contributed by atoms with Crippen molar-refractivity contribution < 1.29 is 10.0 Å². The second-order valence-electron chi connectivity index (χ2n) is 9.89. The van der Waals surface area contributed by atoms with Crippen molar-refractivity contribution in [1.82, 2.24) is 4.09 Å². The number of hydrogen-bond acceptors (Lipinski definition) is 2. The maximum absolute atomic E-state index is 11.2. The first-order valence-corrected chi connectivity index (χ1v) is 15.1. The van der Waals surface area contributed by atoms with Gasteiger partial charge in [0, 0.05) is 6.42 Å². The van der Waals surface area contributed by atoms with Gasteiger partial charge in [0.05, 0.1) is 16.1 Å². The first-order valence-electron chi connectivity index (χ1n) is 14.4. The van der Waals surface area contributed by atoms with Gasteiger partial charge in [-0.15, -0.1) is 0 Å². The molecule has 0 aliphatic carbocycles. The van der Waals surface area contributed by atoms with Crippen molar-refractivity contribution >= 4 is 22.1 Å². The standard InChI is InChI=1S/C28H56BrNO2/c1-2-3-4-5-6-7-8-9-10-11-12-13-14-15-16-17-18-19-20-21-22-23-24-25-26-27-28(31)30(29)32/h32H,2-27H2,1H3. The zero-order valence-corrected chi connectivity index (χ0v) is 23.2. The summed E-state index contributed by atoms with van der Waals surface area (Å²) < 4.78 is 0.520. The molecule has 0 aromatic carbocycles. The highest BCUT2D eigenvalue weighted by Crippen LogP contribution is 2.16. The van der Waals surface area contributed by atoms with Gasteiger partial charge in [0.1, 0.15) is 0 Å². The highest BCUT2D eigenvalue weighted by Gasteiger charge is 2.05. The van der Waals surface area contributed by atoms with Gasteiger partial charge in [0.15, 0.2) is 0 Å². The molecule has 0 radical (unpaired) electrons. The number of carbonyl (C=O) groups is 1. The van der Waals surface area contributed by atoms with E-state index in [2.05, 4.69) is 23.1 Å². The Morgan fingerprint density at radius 3 is 0.938 bits per heavy atom. The molecule has 0 bridgehead atoms. The highest BCUT2D eigenvalue weighted by molar-refractivity contribution is 9.07. The molecule has 0 spiro atoms. The molecular formula is C28H56BrNO2. The summed E-state index contributed by atoms with van der Waals surface area (Å²) in [5, 5.41) is 8.91. The van der Waals surface area contributed by atoms with Crippen LogP contribution in [0.4, 0.5) is 0 Å². The predicted octanol–water partition coefficient (Wildman–Crippen LogP) is 10.7. The molecule has 0 aliphatic rings. The molecule has 3 nitrogen and oxygen atoms in total. The van der Waals surface area contributed by atoms with E-state index < -0.39 is 0 Å². The molecule has 0 aromatic rings. The second kappa shape index (κ2) is 27.2. The third kappa shape index (κ3) is 26.2. The third-order valence-electron chi connectivity index (χ3n) is 6.70. The summed E-state index contributed by atoms with van der Waals surface area (Å²) in [5.41, 5.74) is 0. The zero-order valence-electron chi connectivity index (χ0n) is 21.6. The summed E-state index contributed by atoms with van der Waals surface area (Å²) in [6, 6.07) is 0. The van der Waals surface area contributed by atoms with Gasteiger partial charge in [-0.1, -0.05) is 161 Å². The fourth-order valence-electron chi connectivity index (χ4n) is 4.51. The van der Waals surface area contributed by atoms with E-state index >= 15 is 0 Å². The molecule has 0 fully saturated rings. The number of hydroxylamine groups is 1. The summed E-state index contributed by atoms with van der Waals surface area (Å²) in [5.74, 6) is -0.251. The molecular weight excluding hydrogens is 462 g/mol. The lowest BCUT2D eigenvalue weighted by molar-refractivity contribution is -0.143. The van der Waals surface area contributed by atoms with Crippen molar-refractivity contribution in [2.75, 3.05) is 0 Å². The highest BCUT2D eigenvalue weighted by atomic mass is 79.9. The Labute approximate surface area is 209 Å². The molecule has 0 saturated carbocycles. The van der Waals surface area contributed by atoms with E-state index in [1.54, 1.807) is 0 Å². The van der Waals surface area contributed by atoms with E-state index in [1.165, 1.54) is 148 Å². The first-order chi connectivity index (χ1) is 15.7. The molecule has 0 rings (SSSR count). The Morgan fingerprint density at radius 1 is 0.500 bits per heavy atom. The van der Waals surface area contributed by atoms with Gasteiger partial charge in [0.25, 0.3) is 5.91 Å². The zero-order chi connectivity index (χ0) is 23.5. The monoisotopic (exact) mass is 517 g/mol. The molecule has 0 atom stereocenters. The normalized spacial score (nSPS) is 11.2. The quantitative estimate of drug-likeness (QED) is 0.0535. The largest absolute Gasteiger partial charge is 0.275 e. The van der Waals surface area contributed by atoms with Gasteiger partial charge in [0.2, 0.25) is 0 Å². The van der Waals surface area contributed by atoms with Gasteiger partial charge < -0.3 is 0 Å². The molecule has 4 heteroatoms. The Hall–Kier alpha value is -0.0900. The van der Waals surface area contributed by atoms with E-state index in [0.717, 1.165) is 12.8 Å². The van der Waals surface area contributed by atoms with Gasteiger partial charge in [-0.2, -0.15) is 4.09 Å². The molecule has 0 saturated heterocycles. The summed E-state index contributed by atoms with van der Waals surface area (Å²) >= 11 is 2.74. The fourth-order valence-corrected chi connectivity index (χ4v) is 4.68. The van der Waals surface area contributed by atoms with Crippen LogP contribution in [0.15, 0.2) is 0 Å². The molecule has 0 unspecified atom stereocenters. The summed E-state index contributed by atoms with van der Waals surface area (Å²) in [7, 11) is 0. The van der Waals surface area contributed by atoms with Crippen LogP contribution in [-0.2, 0) is 4.79 Å². The second-order valence-corrected chi connectivity index (χ2v) is 10.6. The smallest absolute Gasteiger partial charge is 0.256 e. The summed E-state index contributed by atoms with van der Waals surface area (Å²) in [6.45, 7) is 2.29. The molecule has 0 aromatic heterocycles. The van der Waals surface area contributed by atoms with Crippen LogP contribution in [0.3, 0.4) is 0 Å². The Kier molecular flexibility index (Phi) is 27.1. The van der Waals surface area contributed by atoms with Crippen molar-refractivity contribution in [3.8, 4) is 0 Å². The number of rotatable bonds is 26. The lowest BCUT2D eigenvalue weighted by Crippen LogP contribution is -2.15. The number of unbranched alkanes of at least 4 members (excludes halogenated alkanes) is 24. The van der Waals surface area contributed by atoms with E-state index in [9.17, 15) is 4.79 Å². The van der Waals surface area contributed by atoms with Crippen molar-refractivity contribution in [3.63, 3.8) is 0 Å². The van der Waals surface area contributed by atoms with Crippen molar-refractivity contribution in [3.05, 3.63) is 0 Å². The lowest BCUT2D eigenvalue weighted by Gasteiger charge is -2.05. The van der Waals surface area contributed by atoms with Gasteiger partial charge in [-0.25, -0.2) is 0 Å². The van der Waals surface area contributed by atoms with Crippen molar-refractivity contribution in [2.24, 2.45) is 0 Å². The molecule has 1 amide bonds.